The normalized spacial score (nSPS) is 7.83. The molecule has 1 aromatic carbocycles. The SMILES string of the molecule is Cl.NCC#Cc1ccc(I)cc1. The van der Waals surface area contributed by atoms with Gasteiger partial charge in [-0.25, -0.2) is 0 Å². The van der Waals surface area contributed by atoms with Gasteiger partial charge in [-0.2, -0.15) is 0 Å². The largest absolute Gasteiger partial charge is 0.320 e. The highest BCUT2D eigenvalue weighted by Gasteiger charge is 1.85. The fourth-order valence-corrected chi connectivity index (χ4v) is 1.05. The van der Waals surface area contributed by atoms with Crippen molar-refractivity contribution in [3.63, 3.8) is 0 Å². The molecule has 0 atom stereocenters. The number of benzene rings is 1. The zero-order valence-corrected chi connectivity index (χ0v) is 9.35. The zero-order valence-electron chi connectivity index (χ0n) is 6.38. The first-order chi connectivity index (χ1) is 5.33. The lowest BCUT2D eigenvalue weighted by Crippen LogP contribution is -1.92. The number of nitrogens with two attached hydrogens (primary N) is 1. The van der Waals surface area contributed by atoms with E-state index < -0.39 is 0 Å². The highest BCUT2D eigenvalue weighted by molar-refractivity contribution is 14.1. The summed E-state index contributed by atoms with van der Waals surface area (Å²) in [6.45, 7) is 0.423. The van der Waals surface area contributed by atoms with Gasteiger partial charge in [-0.3, -0.25) is 0 Å². The third-order valence-corrected chi connectivity index (χ3v) is 1.90. The molecule has 0 saturated heterocycles. The Bertz CT molecular complexity index is 284. The van der Waals surface area contributed by atoms with Crippen molar-refractivity contribution in [1.82, 2.24) is 0 Å². The maximum Gasteiger partial charge on any atom is 0.0555 e. The fourth-order valence-electron chi connectivity index (χ4n) is 0.686. The fraction of sp³-hybridized carbons (Fsp3) is 0.111. The lowest BCUT2D eigenvalue weighted by Gasteiger charge is -1.89. The zero-order chi connectivity index (χ0) is 8.10. The van der Waals surface area contributed by atoms with Crippen LogP contribution >= 0.6 is 35.0 Å². The standard InChI is InChI=1S/C9H8IN.ClH/c10-9-5-3-8(4-6-9)2-1-7-11;/h3-6H,7,11H2;1H. The maximum absolute atomic E-state index is 5.23. The molecule has 2 N–H and O–H groups in total. The number of rotatable bonds is 0. The molecular weight excluding hydrogens is 284 g/mol. The Kier molecular flexibility index (Phi) is 6.17. The van der Waals surface area contributed by atoms with Crippen LogP contribution < -0.4 is 5.73 Å². The van der Waals surface area contributed by atoms with E-state index in [2.05, 4.69) is 34.4 Å². The van der Waals surface area contributed by atoms with Crippen molar-refractivity contribution in [3.8, 4) is 11.8 Å². The third-order valence-electron chi connectivity index (χ3n) is 1.18. The minimum atomic E-state index is 0. The van der Waals surface area contributed by atoms with Crippen LogP contribution in [0.15, 0.2) is 24.3 Å². The Morgan fingerprint density at radius 1 is 1.25 bits per heavy atom. The molecule has 64 valence electrons. The maximum atomic E-state index is 5.23. The summed E-state index contributed by atoms with van der Waals surface area (Å²) in [6, 6.07) is 8.04. The van der Waals surface area contributed by atoms with Crippen molar-refractivity contribution in [2.45, 2.75) is 0 Å². The molecule has 0 amide bonds. The molecule has 0 radical (unpaired) electrons. The summed E-state index contributed by atoms with van der Waals surface area (Å²) in [4.78, 5) is 0. The molecule has 1 aromatic rings. The molecule has 0 aliphatic rings. The Labute approximate surface area is 92.3 Å². The molecule has 3 heteroatoms. The van der Waals surface area contributed by atoms with E-state index in [1.165, 1.54) is 3.57 Å². The molecule has 0 saturated carbocycles. The second-order valence-corrected chi connectivity index (χ2v) is 3.26. The van der Waals surface area contributed by atoms with Gasteiger partial charge in [0.05, 0.1) is 6.54 Å². The Morgan fingerprint density at radius 3 is 2.33 bits per heavy atom. The smallest absolute Gasteiger partial charge is 0.0555 e. The van der Waals surface area contributed by atoms with Crippen LogP contribution in [-0.2, 0) is 0 Å². The molecule has 0 spiro atoms. The molecule has 0 heterocycles. The predicted octanol–water partition coefficient (Wildman–Crippen LogP) is 2.02. The minimum absolute atomic E-state index is 0. The minimum Gasteiger partial charge on any atom is -0.320 e. The monoisotopic (exact) mass is 293 g/mol. The Balaban J connectivity index is 0.00000121. The molecule has 1 rings (SSSR count). The molecule has 0 aliphatic heterocycles. The molecule has 12 heavy (non-hydrogen) atoms. The van der Waals surface area contributed by atoms with E-state index in [4.69, 9.17) is 5.73 Å². The van der Waals surface area contributed by atoms with Crippen LogP contribution in [0.2, 0.25) is 0 Å². The second kappa shape index (κ2) is 6.30. The van der Waals surface area contributed by atoms with Gasteiger partial charge >= 0.3 is 0 Å². The van der Waals surface area contributed by atoms with Crippen LogP contribution in [0.4, 0.5) is 0 Å². The summed E-state index contributed by atoms with van der Waals surface area (Å²) >= 11 is 2.26. The van der Waals surface area contributed by atoms with Gasteiger partial charge in [-0.15, -0.1) is 12.4 Å². The van der Waals surface area contributed by atoms with E-state index in [9.17, 15) is 0 Å². The van der Waals surface area contributed by atoms with E-state index in [1.54, 1.807) is 0 Å². The van der Waals surface area contributed by atoms with Crippen LogP contribution in [0.3, 0.4) is 0 Å². The first-order valence-corrected chi connectivity index (χ1v) is 4.35. The lowest BCUT2D eigenvalue weighted by molar-refractivity contribution is 1.30. The molecule has 1 nitrogen and oxygen atoms in total. The predicted molar refractivity (Wildman–Crippen MR) is 62.3 cm³/mol. The highest BCUT2D eigenvalue weighted by atomic mass is 127. The van der Waals surface area contributed by atoms with E-state index in [1.807, 2.05) is 24.3 Å². The van der Waals surface area contributed by atoms with Gasteiger partial charge in [0.15, 0.2) is 0 Å². The van der Waals surface area contributed by atoms with Crippen LogP contribution in [0.1, 0.15) is 5.56 Å². The van der Waals surface area contributed by atoms with Gasteiger partial charge in [0.25, 0.3) is 0 Å². The van der Waals surface area contributed by atoms with Crippen molar-refractivity contribution in [3.05, 3.63) is 33.4 Å². The van der Waals surface area contributed by atoms with Gasteiger partial charge in [-0.05, 0) is 46.9 Å². The third kappa shape index (κ3) is 3.96. The van der Waals surface area contributed by atoms with Crippen molar-refractivity contribution in [2.75, 3.05) is 6.54 Å². The Morgan fingerprint density at radius 2 is 1.83 bits per heavy atom. The molecule has 0 aliphatic carbocycles. The van der Waals surface area contributed by atoms with Crippen LogP contribution in [0.25, 0.3) is 0 Å². The summed E-state index contributed by atoms with van der Waals surface area (Å²) in [5, 5.41) is 0. The van der Waals surface area contributed by atoms with Crippen LogP contribution in [0.5, 0.6) is 0 Å². The topological polar surface area (TPSA) is 26.0 Å². The van der Waals surface area contributed by atoms with Gasteiger partial charge in [-0.1, -0.05) is 11.8 Å². The summed E-state index contributed by atoms with van der Waals surface area (Å²) < 4.78 is 1.22. The second-order valence-electron chi connectivity index (χ2n) is 2.01. The first-order valence-electron chi connectivity index (χ1n) is 3.27. The molecule has 0 aromatic heterocycles. The van der Waals surface area contributed by atoms with E-state index in [0.717, 1.165) is 5.56 Å². The number of hydrogen-bond acceptors (Lipinski definition) is 1. The summed E-state index contributed by atoms with van der Waals surface area (Å²) in [6.07, 6.45) is 0. The highest BCUT2D eigenvalue weighted by Crippen LogP contribution is 2.04. The van der Waals surface area contributed by atoms with E-state index in [-0.39, 0.29) is 12.4 Å². The van der Waals surface area contributed by atoms with Crippen molar-refractivity contribution < 1.29 is 0 Å². The molecule has 0 unspecified atom stereocenters. The van der Waals surface area contributed by atoms with Crippen LogP contribution in [-0.4, -0.2) is 6.54 Å². The summed E-state index contributed by atoms with van der Waals surface area (Å²) in [5.41, 5.74) is 6.26. The molecule has 0 fully saturated rings. The van der Waals surface area contributed by atoms with Crippen LogP contribution in [0, 0.1) is 15.4 Å². The van der Waals surface area contributed by atoms with E-state index >= 15 is 0 Å². The van der Waals surface area contributed by atoms with Crippen molar-refractivity contribution in [2.24, 2.45) is 5.73 Å². The number of halogens is 2. The first kappa shape index (κ1) is 11.8. The Hall–Kier alpha value is -0.240. The average molecular weight is 294 g/mol. The van der Waals surface area contributed by atoms with Gasteiger partial charge in [0.2, 0.25) is 0 Å². The summed E-state index contributed by atoms with van der Waals surface area (Å²) in [5.74, 6) is 5.75. The lowest BCUT2D eigenvalue weighted by atomic mass is 10.2. The van der Waals surface area contributed by atoms with Gasteiger partial charge in [0.1, 0.15) is 0 Å². The molecular formula is C9H9ClIN. The quantitative estimate of drug-likeness (QED) is 0.575. The summed E-state index contributed by atoms with van der Waals surface area (Å²) in [7, 11) is 0. The van der Waals surface area contributed by atoms with Gasteiger partial charge < -0.3 is 5.73 Å². The van der Waals surface area contributed by atoms with E-state index in [0.29, 0.717) is 6.54 Å². The number of hydrogen-bond donors (Lipinski definition) is 1. The molecule has 0 bridgehead atoms. The average Bonchev–Trinajstić information content (AvgIpc) is 2.04. The van der Waals surface area contributed by atoms with Crippen molar-refractivity contribution >= 4 is 35.0 Å². The van der Waals surface area contributed by atoms with Crippen molar-refractivity contribution in [1.29, 1.82) is 0 Å². The van der Waals surface area contributed by atoms with Gasteiger partial charge in [0, 0.05) is 9.13 Å².